The van der Waals surface area contributed by atoms with Crippen molar-refractivity contribution in [1.82, 2.24) is 35.1 Å². The number of hydrogen-bond acceptors (Lipinski definition) is 8. The van der Waals surface area contributed by atoms with Crippen LogP contribution in [-0.4, -0.2) is 81.2 Å². The standard InChI is InChI=1S/C28H33ClN8O4/c29-24-14-25(34-27(33-24)36-8-7-30-18-36)35-9-10-37(28(39)32-20-4-2-1-3-5-20)21(16-35)13-26(38)31-15-19-12-23-22(41-17-19)6-11-40-23/h6-8,12,14,17-18,20-21H,1-5,9-11,13,15-16H2,(H,31,38)(H,32,39). The lowest BCUT2D eigenvalue weighted by molar-refractivity contribution is -0.121. The molecule has 1 saturated heterocycles. The zero-order valence-electron chi connectivity index (χ0n) is 22.7. The number of amides is 3. The number of rotatable bonds is 7. The number of nitrogens with zero attached hydrogens (tertiary/aromatic N) is 6. The van der Waals surface area contributed by atoms with Crippen molar-refractivity contribution in [1.29, 1.82) is 0 Å². The Morgan fingerprint density at radius 2 is 2.00 bits per heavy atom. The topological polar surface area (TPSA) is 127 Å². The summed E-state index contributed by atoms with van der Waals surface area (Å²) in [5.74, 6) is 2.23. The summed E-state index contributed by atoms with van der Waals surface area (Å²) in [5.41, 5.74) is 0.798. The van der Waals surface area contributed by atoms with Crippen molar-refractivity contribution in [3.05, 3.63) is 65.4 Å². The van der Waals surface area contributed by atoms with Crippen LogP contribution < -0.4 is 15.5 Å². The van der Waals surface area contributed by atoms with Crippen LogP contribution in [0.5, 0.6) is 0 Å². The number of aromatic nitrogens is 4. The fourth-order valence-electron chi connectivity index (χ4n) is 5.58. The Morgan fingerprint density at radius 3 is 2.83 bits per heavy atom. The molecule has 2 fully saturated rings. The Morgan fingerprint density at radius 1 is 1.12 bits per heavy atom. The summed E-state index contributed by atoms with van der Waals surface area (Å²) < 4.78 is 12.8. The molecule has 5 heterocycles. The predicted molar refractivity (Wildman–Crippen MR) is 151 cm³/mol. The van der Waals surface area contributed by atoms with Crippen molar-refractivity contribution in [2.45, 2.75) is 50.6 Å². The van der Waals surface area contributed by atoms with Crippen LogP contribution in [0.4, 0.5) is 10.6 Å². The Labute approximate surface area is 243 Å². The van der Waals surface area contributed by atoms with Crippen molar-refractivity contribution in [2.75, 3.05) is 37.7 Å². The van der Waals surface area contributed by atoms with Crippen LogP contribution in [0, 0.1) is 0 Å². The number of hydrogen-bond donors (Lipinski definition) is 2. The van der Waals surface area contributed by atoms with Crippen molar-refractivity contribution in [2.24, 2.45) is 0 Å². The summed E-state index contributed by atoms with van der Waals surface area (Å²) in [4.78, 5) is 43.5. The fourth-order valence-corrected chi connectivity index (χ4v) is 5.75. The van der Waals surface area contributed by atoms with Crippen LogP contribution in [-0.2, 0) is 14.3 Å². The minimum Gasteiger partial charge on any atom is -0.485 e. The smallest absolute Gasteiger partial charge is 0.318 e. The fraction of sp³-hybridized carbons (Fsp3) is 0.464. The lowest BCUT2D eigenvalue weighted by atomic mass is 9.95. The highest BCUT2D eigenvalue weighted by Gasteiger charge is 2.34. The lowest BCUT2D eigenvalue weighted by Crippen LogP contribution is -2.60. The molecule has 13 heteroatoms. The van der Waals surface area contributed by atoms with E-state index in [1.807, 2.05) is 17.1 Å². The van der Waals surface area contributed by atoms with Gasteiger partial charge in [0.1, 0.15) is 23.9 Å². The number of piperazine rings is 1. The van der Waals surface area contributed by atoms with E-state index >= 15 is 0 Å². The van der Waals surface area contributed by atoms with E-state index < -0.39 is 0 Å². The molecule has 12 nitrogen and oxygen atoms in total. The Hall–Kier alpha value is -4.06. The van der Waals surface area contributed by atoms with Crippen molar-refractivity contribution in [3.63, 3.8) is 0 Å². The lowest BCUT2D eigenvalue weighted by Gasteiger charge is -2.42. The van der Waals surface area contributed by atoms with E-state index in [-0.39, 0.29) is 30.4 Å². The number of halogens is 1. The number of ether oxygens (including phenoxy) is 2. The Kier molecular flexibility index (Phi) is 8.08. The molecule has 6 rings (SSSR count). The first-order valence-corrected chi connectivity index (χ1v) is 14.4. The molecule has 216 valence electrons. The van der Waals surface area contributed by atoms with E-state index in [9.17, 15) is 9.59 Å². The van der Waals surface area contributed by atoms with Gasteiger partial charge in [0.05, 0.1) is 12.3 Å². The van der Waals surface area contributed by atoms with Gasteiger partial charge in [0, 0.05) is 62.7 Å². The first-order chi connectivity index (χ1) is 20.0. The van der Waals surface area contributed by atoms with Gasteiger partial charge in [0.25, 0.3) is 0 Å². The summed E-state index contributed by atoms with van der Waals surface area (Å²) in [7, 11) is 0. The largest absolute Gasteiger partial charge is 0.485 e. The average Bonchev–Trinajstić information content (AvgIpc) is 3.69. The van der Waals surface area contributed by atoms with Gasteiger partial charge in [-0.2, -0.15) is 4.98 Å². The SMILES string of the molecule is O=C(CC1CN(c2cc(Cl)nc(-n3ccnc3)n2)CCN1C(=O)NC1CCCCC1)NCC1=COC2=CCOC2=C1. The normalized spacial score (nSPS) is 20.7. The molecule has 3 amide bonds. The van der Waals surface area contributed by atoms with Gasteiger partial charge < -0.3 is 29.9 Å². The number of nitrogens with one attached hydrogen (secondary N) is 2. The molecule has 1 aliphatic carbocycles. The number of anilines is 1. The summed E-state index contributed by atoms with van der Waals surface area (Å²) in [6, 6.07) is 1.37. The molecule has 0 radical (unpaired) electrons. The number of imidazole rings is 1. The van der Waals surface area contributed by atoms with Crippen LogP contribution in [0.2, 0.25) is 5.15 Å². The molecule has 1 atom stereocenters. The molecular weight excluding hydrogens is 548 g/mol. The molecule has 3 aliphatic heterocycles. The van der Waals surface area contributed by atoms with Crippen molar-refractivity contribution in [3.8, 4) is 5.95 Å². The molecule has 0 spiro atoms. The minimum absolute atomic E-state index is 0.125. The predicted octanol–water partition coefficient (Wildman–Crippen LogP) is 3.07. The van der Waals surface area contributed by atoms with E-state index in [0.717, 1.165) is 31.3 Å². The van der Waals surface area contributed by atoms with E-state index in [4.69, 9.17) is 26.1 Å². The third-order valence-corrected chi connectivity index (χ3v) is 7.91. The summed E-state index contributed by atoms with van der Waals surface area (Å²) in [6.45, 7) is 2.17. The average molecular weight is 581 g/mol. The van der Waals surface area contributed by atoms with Crippen molar-refractivity contribution < 1.29 is 19.1 Å². The van der Waals surface area contributed by atoms with Crippen LogP contribution in [0.15, 0.2) is 60.3 Å². The molecule has 0 aromatic carbocycles. The van der Waals surface area contributed by atoms with Crippen LogP contribution >= 0.6 is 11.6 Å². The molecule has 0 bridgehead atoms. The third kappa shape index (κ3) is 6.48. The Bertz CT molecular complexity index is 1370. The Balaban J connectivity index is 1.15. The number of carbonyl (C=O) groups is 2. The molecule has 2 aromatic heterocycles. The summed E-state index contributed by atoms with van der Waals surface area (Å²) in [5, 5.41) is 6.48. The summed E-state index contributed by atoms with van der Waals surface area (Å²) >= 11 is 6.36. The quantitative estimate of drug-likeness (QED) is 0.479. The van der Waals surface area contributed by atoms with E-state index in [0.29, 0.717) is 61.2 Å². The van der Waals surface area contributed by atoms with Gasteiger partial charge in [0.2, 0.25) is 11.9 Å². The first-order valence-electron chi connectivity index (χ1n) is 14.0. The first kappa shape index (κ1) is 27.1. The zero-order valence-corrected chi connectivity index (χ0v) is 23.4. The van der Waals surface area contributed by atoms with Gasteiger partial charge in [-0.05, 0) is 25.0 Å². The molecule has 1 unspecified atom stereocenters. The van der Waals surface area contributed by atoms with Crippen LogP contribution in [0.3, 0.4) is 0 Å². The molecule has 41 heavy (non-hydrogen) atoms. The van der Waals surface area contributed by atoms with E-state index in [1.54, 1.807) is 40.5 Å². The highest BCUT2D eigenvalue weighted by atomic mass is 35.5. The molecule has 1 saturated carbocycles. The summed E-state index contributed by atoms with van der Waals surface area (Å²) in [6.07, 6.45) is 15.9. The number of carbonyl (C=O) groups excluding carboxylic acids is 2. The minimum atomic E-state index is -0.375. The third-order valence-electron chi connectivity index (χ3n) is 7.72. The van der Waals surface area contributed by atoms with Gasteiger partial charge >= 0.3 is 6.03 Å². The van der Waals surface area contributed by atoms with Gasteiger partial charge in [-0.25, -0.2) is 14.8 Å². The van der Waals surface area contributed by atoms with Gasteiger partial charge in [0.15, 0.2) is 11.5 Å². The molecule has 4 aliphatic rings. The highest BCUT2D eigenvalue weighted by molar-refractivity contribution is 6.29. The van der Waals surface area contributed by atoms with Crippen LogP contribution in [0.25, 0.3) is 5.95 Å². The second kappa shape index (κ2) is 12.2. The maximum absolute atomic E-state index is 13.4. The van der Waals surface area contributed by atoms with Crippen molar-refractivity contribution >= 4 is 29.4 Å². The molecule has 2 N–H and O–H groups in total. The van der Waals surface area contributed by atoms with Crippen LogP contribution in [0.1, 0.15) is 38.5 Å². The maximum atomic E-state index is 13.4. The van der Waals surface area contributed by atoms with E-state index in [1.165, 1.54) is 6.42 Å². The van der Waals surface area contributed by atoms with Gasteiger partial charge in [-0.3, -0.25) is 9.36 Å². The molecule has 2 aromatic rings. The monoisotopic (exact) mass is 580 g/mol. The number of fused-ring (bicyclic) bond motifs is 1. The maximum Gasteiger partial charge on any atom is 0.318 e. The zero-order chi connectivity index (χ0) is 28.2. The highest BCUT2D eigenvalue weighted by Crippen LogP contribution is 2.26. The molecular formula is C28H33ClN8O4. The van der Waals surface area contributed by atoms with E-state index in [2.05, 4.69) is 20.6 Å². The second-order valence-corrected chi connectivity index (χ2v) is 11.0. The number of urea groups is 1. The van der Waals surface area contributed by atoms with Gasteiger partial charge in [-0.15, -0.1) is 0 Å². The van der Waals surface area contributed by atoms with Gasteiger partial charge in [-0.1, -0.05) is 30.9 Å². The second-order valence-electron chi connectivity index (χ2n) is 10.6.